The van der Waals surface area contributed by atoms with E-state index in [1.807, 2.05) is 4.90 Å². The van der Waals surface area contributed by atoms with Crippen LogP contribution in [0, 0.1) is 5.82 Å². The van der Waals surface area contributed by atoms with Gasteiger partial charge in [0.25, 0.3) is 5.91 Å². The quantitative estimate of drug-likeness (QED) is 0.912. The van der Waals surface area contributed by atoms with E-state index in [-0.39, 0.29) is 17.8 Å². The lowest BCUT2D eigenvalue weighted by Gasteiger charge is -2.35. The molecule has 1 saturated heterocycles. The Hall–Kier alpha value is -0.940. The molecule has 98 valence electrons. The summed E-state index contributed by atoms with van der Waals surface area (Å²) in [4.78, 5) is 14.2. The third-order valence-corrected chi connectivity index (χ3v) is 3.93. The maximum atomic E-state index is 13.2. The van der Waals surface area contributed by atoms with E-state index in [4.69, 9.17) is 5.73 Å². The van der Waals surface area contributed by atoms with Crippen molar-refractivity contribution in [3.05, 3.63) is 34.1 Å². The fraction of sp³-hybridized carbons (Fsp3) is 0.462. The largest absolute Gasteiger partial charge is 0.334 e. The van der Waals surface area contributed by atoms with Crippen molar-refractivity contribution in [3.8, 4) is 0 Å². The Balaban J connectivity index is 2.21. The molecule has 1 heterocycles. The van der Waals surface area contributed by atoms with E-state index in [1.54, 1.807) is 0 Å². The number of nitrogens with zero attached hydrogens (tertiary/aromatic N) is 1. The number of carbonyl (C=O) groups excluding carboxylic acids is 1. The molecule has 1 unspecified atom stereocenters. The number of likely N-dealkylation sites (tertiary alicyclic amines) is 1. The van der Waals surface area contributed by atoms with Crippen LogP contribution in [0.5, 0.6) is 0 Å². The molecule has 1 atom stereocenters. The van der Waals surface area contributed by atoms with Crippen molar-refractivity contribution in [1.29, 1.82) is 0 Å². The van der Waals surface area contributed by atoms with Crippen molar-refractivity contribution in [1.82, 2.24) is 4.90 Å². The number of carbonyl (C=O) groups is 1. The van der Waals surface area contributed by atoms with Gasteiger partial charge in [-0.2, -0.15) is 0 Å². The first-order valence-corrected chi connectivity index (χ1v) is 6.89. The van der Waals surface area contributed by atoms with Crippen LogP contribution in [0.15, 0.2) is 22.7 Å². The summed E-state index contributed by atoms with van der Waals surface area (Å²) in [6.07, 6.45) is 3.06. The molecule has 2 rings (SSSR count). The Morgan fingerprint density at radius 1 is 1.50 bits per heavy atom. The summed E-state index contributed by atoms with van der Waals surface area (Å²) in [5.74, 6) is -0.425. The molecule has 1 aromatic carbocycles. The van der Waals surface area contributed by atoms with Crippen LogP contribution < -0.4 is 5.73 Å². The molecule has 0 radical (unpaired) electrons. The minimum absolute atomic E-state index is 0.0640. The van der Waals surface area contributed by atoms with Gasteiger partial charge in [0, 0.05) is 24.7 Å². The molecule has 1 amide bonds. The summed E-state index contributed by atoms with van der Waals surface area (Å²) in [5, 5.41) is 0. The van der Waals surface area contributed by atoms with E-state index in [0.29, 0.717) is 16.6 Å². The number of nitrogens with two attached hydrogens (primary N) is 1. The first-order chi connectivity index (χ1) is 8.63. The highest BCUT2D eigenvalue weighted by Crippen LogP contribution is 2.22. The number of rotatable bonds is 2. The highest BCUT2D eigenvalue weighted by Gasteiger charge is 2.26. The molecule has 1 aliphatic heterocycles. The third-order valence-electron chi connectivity index (χ3n) is 3.33. The fourth-order valence-corrected chi connectivity index (χ4v) is 2.69. The lowest BCUT2D eigenvalue weighted by atomic mass is 10.0. The number of piperidine rings is 1. The first kappa shape index (κ1) is 13.5. The summed E-state index contributed by atoms with van der Waals surface area (Å²) in [7, 11) is 0. The Labute approximate surface area is 114 Å². The fourth-order valence-electron chi connectivity index (χ4n) is 2.31. The second kappa shape index (κ2) is 5.80. The van der Waals surface area contributed by atoms with Crippen molar-refractivity contribution in [2.24, 2.45) is 5.73 Å². The molecule has 0 spiro atoms. The highest BCUT2D eigenvalue weighted by atomic mass is 79.9. The minimum Gasteiger partial charge on any atom is -0.334 e. The van der Waals surface area contributed by atoms with Crippen LogP contribution >= 0.6 is 15.9 Å². The van der Waals surface area contributed by atoms with Crippen molar-refractivity contribution in [2.45, 2.75) is 25.3 Å². The Morgan fingerprint density at radius 3 is 2.94 bits per heavy atom. The topological polar surface area (TPSA) is 46.3 Å². The van der Waals surface area contributed by atoms with Gasteiger partial charge in [-0.1, -0.05) is 0 Å². The van der Waals surface area contributed by atoms with E-state index >= 15 is 0 Å². The molecular formula is C13H16BrFN2O. The van der Waals surface area contributed by atoms with Crippen LogP contribution in [0.25, 0.3) is 0 Å². The SMILES string of the molecule is NCC1CCCCN1C(=O)c1ccc(F)c(Br)c1. The summed E-state index contributed by atoms with van der Waals surface area (Å²) in [6, 6.07) is 4.46. The van der Waals surface area contributed by atoms with E-state index in [9.17, 15) is 9.18 Å². The van der Waals surface area contributed by atoms with Gasteiger partial charge >= 0.3 is 0 Å². The number of hydrogen-bond donors (Lipinski definition) is 1. The molecule has 5 heteroatoms. The Kier molecular flexibility index (Phi) is 4.35. The second-order valence-electron chi connectivity index (χ2n) is 4.51. The molecule has 1 aliphatic rings. The molecule has 0 bridgehead atoms. The van der Waals surface area contributed by atoms with Crippen LogP contribution in [0.1, 0.15) is 29.6 Å². The van der Waals surface area contributed by atoms with Crippen molar-refractivity contribution >= 4 is 21.8 Å². The zero-order valence-electron chi connectivity index (χ0n) is 10.0. The normalized spacial score (nSPS) is 19.9. The maximum Gasteiger partial charge on any atom is 0.254 e. The predicted octanol–water partition coefficient (Wildman–Crippen LogP) is 2.54. The smallest absolute Gasteiger partial charge is 0.254 e. The van der Waals surface area contributed by atoms with E-state index in [1.165, 1.54) is 18.2 Å². The van der Waals surface area contributed by atoms with Gasteiger partial charge in [0.2, 0.25) is 0 Å². The van der Waals surface area contributed by atoms with E-state index in [0.717, 1.165) is 25.8 Å². The molecule has 1 fully saturated rings. The molecular weight excluding hydrogens is 299 g/mol. The number of amides is 1. The molecule has 0 aliphatic carbocycles. The maximum absolute atomic E-state index is 13.2. The van der Waals surface area contributed by atoms with E-state index in [2.05, 4.69) is 15.9 Å². The average molecular weight is 315 g/mol. The van der Waals surface area contributed by atoms with Crippen LogP contribution in [0.3, 0.4) is 0 Å². The first-order valence-electron chi connectivity index (χ1n) is 6.09. The summed E-state index contributed by atoms with van der Waals surface area (Å²) < 4.78 is 13.5. The van der Waals surface area contributed by atoms with Gasteiger partial charge in [0.1, 0.15) is 5.82 Å². The third kappa shape index (κ3) is 2.72. The van der Waals surface area contributed by atoms with Crippen molar-refractivity contribution < 1.29 is 9.18 Å². The number of halogens is 2. The predicted molar refractivity (Wildman–Crippen MR) is 71.8 cm³/mol. The van der Waals surface area contributed by atoms with E-state index < -0.39 is 0 Å². The molecule has 1 aromatic rings. The zero-order chi connectivity index (χ0) is 13.1. The van der Waals surface area contributed by atoms with Crippen LogP contribution in [0.2, 0.25) is 0 Å². The highest BCUT2D eigenvalue weighted by molar-refractivity contribution is 9.10. The van der Waals surface area contributed by atoms with Gasteiger partial charge in [-0.3, -0.25) is 4.79 Å². The molecule has 3 nitrogen and oxygen atoms in total. The van der Waals surface area contributed by atoms with Gasteiger partial charge in [-0.25, -0.2) is 4.39 Å². The summed E-state index contributed by atoms with van der Waals surface area (Å²) in [5.41, 5.74) is 6.20. The molecule has 2 N–H and O–H groups in total. The average Bonchev–Trinajstić information content (AvgIpc) is 2.41. The van der Waals surface area contributed by atoms with Crippen molar-refractivity contribution in [3.63, 3.8) is 0 Å². The summed E-state index contributed by atoms with van der Waals surface area (Å²) in [6.45, 7) is 1.21. The van der Waals surface area contributed by atoms with Gasteiger partial charge in [-0.05, 0) is 53.4 Å². The van der Waals surface area contributed by atoms with Gasteiger partial charge < -0.3 is 10.6 Å². The Morgan fingerprint density at radius 2 is 2.28 bits per heavy atom. The lowest BCUT2D eigenvalue weighted by molar-refractivity contribution is 0.0623. The van der Waals surface area contributed by atoms with Gasteiger partial charge in [0.05, 0.1) is 4.47 Å². The van der Waals surface area contributed by atoms with Gasteiger partial charge in [-0.15, -0.1) is 0 Å². The number of hydrogen-bond acceptors (Lipinski definition) is 2. The second-order valence-corrected chi connectivity index (χ2v) is 5.37. The standard InChI is InChI=1S/C13H16BrFN2O/c14-11-7-9(4-5-12(11)15)13(18)17-6-2-1-3-10(17)8-16/h4-5,7,10H,1-3,6,8,16H2. The molecule has 0 saturated carbocycles. The lowest BCUT2D eigenvalue weighted by Crippen LogP contribution is -2.47. The van der Waals surface area contributed by atoms with Gasteiger partial charge in [0.15, 0.2) is 0 Å². The molecule has 0 aromatic heterocycles. The van der Waals surface area contributed by atoms with Crippen LogP contribution in [-0.2, 0) is 0 Å². The minimum atomic E-state index is -0.361. The molecule has 18 heavy (non-hydrogen) atoms. The zero-order valence-corrected chi connectivity index (χ0v) is 11.6. The monoisotopic (exact) mass is 314 g/mol. The Bertz CT molecular complexity index is 453. The summed E-state index contributed by atoms with van der Waals surface area (Å²) >= 11 is 3.10. The number of benzene rings is 1. The van der Waals surface area contributed by atoms with Crippen LogP contribution in [-0.4, -0.2) is 29.9 Å². The van der Waals surface area contributed by atoms with Crippen LogP contribution in [0.4, 0.5) is 4.39 Å². The van der Waals surface area contributed by atoms with Crippen molar-refractivity contribution in [2.75, 3.05) is 13.1 Å².